The number of carbonyl (C=O) groups excluding carboxylic acids is 1. The van der Waals surface area contributed by atoms with Gasteiger partial charge in [-0.2, -0.15) is 0 Å². The summed E-state index contributed by atoms with van der Waals surface area (Å²) >= 11 is 0. The molecule has 2 rings (SSSR count). The number of benzene rings is 2. The molecule has 0 aliphatic rings. The van der Waals surface area contributed by atoms with Gasteiger partial charge in [-0.1, -0.05) is 39.2 Å². The third kappa shape index (κ3) is 10.0. The summed E-state index contributed by atoms with van der Waals surface area (Å²) < 4.78 is 17.0. The van der Waals surface area contributed by atoms with Crippen molar-refractivity contribution in [3.8, 4) is 17.2 Å². The lowest BCUT2D eigenvalue weighted by atomic mass is 10.0. The van der Waals surface area contributed by atoms with E-state index in [0.29, 0.717) is 24.5 Å². The second-order valence-electron chi connectivity index (χ2n) is 8.23. The largest absolute Gasteiger partial charge is 0.494 e. The number of rotatable bonds is 16. The number of allylic oxidation sites excluding steroid dienone is 1. The van der Waals surface area contributed by atoms with E-state index in [2.05, 4.69) is 20.4 Å². The molecular weight excluding hydrogens is 400 g/mol. The first kappa shape index (κ1) is 25.5. The molecule has 0 heterocycles. The summed E-state index contributed by atoms with van der Waals surface area (Å²) in [5.41, 5.74) is 0.494. The average molecular weight is 439 g/mol. The lowest BCUT2D eigenvalue weighted by molar-refractivity contribution is 0.0734. The lowest BCUT2D eigenvalue weighted by Gasteiger charge is -2.10. The van der Waals surface area contributed by atoms with Gasteiger partial charge in [0.1, 0.15) is 17.2 Å². The van der Waals surface area contributed by atoms with Crippen molar-refractivity contribution in [2.24, 2.45) is 5.92 Å². The highest BCUT2D eigenvalue weighted by Crippen LogP contribution is 2.20. The Kier molecular flexibility index (Phi) is 12.1. The first-order chi connectivity index (χ1) is 15.6. The minimum absolute atomic E-state index is 0.387. The molecule has 0 saturated carbocycles. The summed E-state index contributed by atoms with van der Waals surface area (Å²) in [5.74, 6) is 2.39. The number of carbonyl (C=O) groups is 1. The summed E-state index contributed by atoms with van der Waals surface area (Å²) in [6.07, 6.45) is 11.0. The summed E-state index contributed by atoms with van der Waals surface area (Å²) in [4.78, 5) is 12.4. The van der Waals surface area contributed by atoms with Gasteiger partial charge in [0.2, 0.25) is 0 Å². The number of hydrogen-bond acceptors (Lipinski definition) is 4. The van der Waals surface area contributed by atoms with Crippen molar-refractivity contribution < 1.29 is 19.0 Å². The molecule has 1 atom stereocenters. The highest BCUT2D eigenvalue weighted by atomic mass is 16.5. The van der Waals surface area contributed by atoms with Gasteiger partial charge in [0, 0.05) is 0 Å². The number of ether oxygens (including phenoxy) is 3. The minimum Gasteiger partial charge on any atom is -0.494 e. The molecule has 174 valence electrons. The molecule has 0 bridgehead atoms. The van der Waals surface area contributed by atoms with Crippen LogP contribution in [0.2, 0.25) is 0 Å². The third-order valence-electron chi connectivity index (χ3n) is 5.50. The maximum absolute atomic E-state index is 12.4. The van der Waals surface area contributed by atoms with Gasteiger partial charge in [0.25, 0.3) is 0 Å². The molecule has 0 radical (unpaired) electrons. The number of unbranched alkanes of at least 4 members (excludes halogenated alkanes) is 4. The quantitative estimate of drug-likeness (QED) is 0.117. The fourth-order valence-corrected chi connectivity index (χ4v) is 3.22. The Bertz CT molecular complexity index is 780. The Hall–Kier alpha value is -2.75. The van der Waals surface area contributed by atoms with Crippen molar-refractivity contribution in [3.05, 3.63) is 66.7 Å². The molecule has 4 nitrogen and oxygen atoms in total. The van der Waals surface area contributed by atoms with Gasteiger partial charge in [-0.15, -0.1) is 6.58 Å². The molecule has 0 N–H and O–H groups in total. The topological polar surface area (TPSA) is 44.8 Å². The molecule has 4 heteroatoms. The highest BCUT2D eigenvalue weighted by molar-refractivity contribution is 5.91. The predicted molar refractivity (Wildman–Crippen MR) is 131 cm³/mol. The molecule has 32 heavy (non-hydrogen) atoms. The Morgan fingerprint density at radius 3 is 2.03 bits per heavy atom. The highest BCUT2D eigenvalue weighted by Gasteiger charge is 2.09. The van der Waals surface area contributed by atoms with Gasteiger partial charge in [-0.05, 0) is 86.6 Å². The van der Waals surface area contributed by atoms with Crippen molar-refractivity contribution >= 4 is 5.97 Å². The zero-order valence-corrected chi connectivity index (χ0v) is 19.7. The molecule has 0 saturated heterocycles. The van der Waals surface area contributed by atoms with E-state index >= 15 is 0 Å². The Morgan fingerprint density at radius 2 is 1.41 bits per heavy atom. The Morgan fingerprint density at radius 1 is 0.844 bits per heavy atom. The molecule has 0 aromatic heterocycles. The maximum atomic E-state index is 12.4. The SMILES string of the molecule is C=CCCCCCCOc1ccc(OC(=O)c2ccc(OCCCC(C)CC)cc2)cc1. The van der Waals surface area contributed by atoms with Crippen LogP contribution in [0.5, 0.6) is 17.2 Å². The van der Waals surface area contributed by atoms with Crippen molar-refractivity contribution in [1.82, 2.24) is 0 Å². The van der Waals surface area contributed by atoms with Crippen LogP contribution in [0.15, 0.2) is 61.2 Å². The van der Waals surface area contributed by atoms with Gasteiger partial charge in [0.15, 0.2) is 0 Å². The van der Waals surface area contributed by atoms with E-state index in [1.54, 1.807) is 24.3 Å². The Labute approximate surface area is 193 Å². The molecule has 0 aliphatic heterocycles. The maximum Gasteiger partial charge on any atom is 0.343 e. The van der Waals surface area contributed by atoms with Gasteiger partial charge >= 0.3 is 5.97 Å². The van der Waals surface area contributed by atoms with E-state index in [4.69, 9.17) is 14.2 Å². The average Bonchev–Trinajstić information content (AvgIpc) is 2.82. The summed E-state index contributed by atoms with van der Waals surface area (Å²) in [5, 5.41) is 0. The van der Waals surface area contributed by atoms with E-state index in [1.165, 1.54) is 25.7 Å². The van der Waals surface area contributed by atoms with Crippen LogP contribution in [0.1, 0.15) is 75.6 Å². The van der Waals surface area contributed by atoms with Crippen LogP contribution in [-0.2, 0) is 0 Å². The van der Waals surface area contributed by atoms with E-state index in [0.717, 1.165) is 43.1 Å². The smallest absolute Gasteiger partial charge is 0.343 e. The standard InChI is InChI=1S/C28H38O4/c1-4-6-7-8-9-10-21-30-26-17-19-27(20-18-26)32-28(29)24-13-15-25(16-14-24)31-22-11-12-23(3)5-2/h4,13-20,23H,1,5-12,21-22H2,2-3H3. The summed E-state index contributed by atoms with van der Waals surface area (Å²) in [6.45, 7) is 9.59. The van der Waals surface area contributed by atoms with Gasteiger partial charge < -0.3 is 14.2 Å². The molecule has 2 aromatic carbocycles. The monoisotopic (exact) mass is 438 g/mol. The van der Waals surface area contributed by atoms with Crippen LogP contribution in [0.25, 0.3) is 0 Å². The van der Waals surface area contributed by atoms with Crippen molar-refractivity contribution in [3.63, 3.8) is 0 Å². The minimum atomic E-state index is -0.387. The molecule has 0 spiro atoms. The zero-order chi connectivity index (χ0) is 23.0. The second kappa shape index (κ2) is 15.1. The Balaban J connectivity index is 1.70. The fraction of sp³-hybridized carbons (Fsp3) is 0.464. The second-order valence-corrected chi connectivity index (χ2v) is 8.23. The third-order valence-corrected chi connectivity index (χ3v) is 5.50. The van der Waals surface area contributed by atoms with Crippen molar-refractivity contribution in [1.29, 1.82) is 0 Å². The molecular formula is C28H38O4. The number of hydrogen-bond donors (Lipinski definition) is 0. The summed E-state index contributed by atoms with van der Waals surface area (Å²) in [7, 11) is 0. The van der Waals surface area contributed by atoms with Crippen LogP contribution in [-0.4, -0.2) is 19.2 Å². The van der Waals surface area contributed by atoms with Gasteiger partial charge in [-0.25, -0.2) is 4.79 Å². The first-order valence-corrected chi connectivity index (χ1v) is 11.9. The van der Waals surface area contributed by atoms with Crippen LogP contribution in [0, 0.1) is 5.92 Å². The normalized spacial score (nSPS) is 11.6. The molecule has 0 fully saturated rings. The van der Waals surface area contributed by atoms with Crippen LogP contribution >= 0.6 is 0 Å². The van der Waals surface area contributed by atoms with Gasteiger partial charge in [-0.3, -0.25) is 0 Å². The van der Waals surface area contributed by atoms with E-state index in [9.17, 15) is 4.79 Å². The van der Waals surface area contributed by atoms with Gasteiger partial charge in [0.05, 0.1) is 18.8 Å². The summed E-state index contributed by atoms with van der Waals surface area (Å²) in [6, 6.07) is 14.3. The predicted octanol–water partition coefficient (Wildman–Crippen LogP) is 7.63. The number of esters is 1. The molecule has 0 amide bonds. The first-order valence-electron chi connectivity index (χ1n) is 11.9. The van der Waals surface area contributed by atoms with Crippen molar-refractivity contribution in [2.45, 2.75) is 65.2 Å². The van der Waals surface area contributed by atoms with E-state index < -0.39 is 0 Å². The fourth-order valence-electron chi connectivity index (χ4n) is 3.22. The molecule has 1 unspecified atom stereocenters. The molecule has 0 aliphatic carbocycles. The van der Waals surface area contributed by atoms with Crippen LogP contribution in [0.4, 0.5) is 0 Å². The van der Waals surface area contributed by atoms with E-state index in [-0.39, 0.29) is 5.97 Å². The molecule has 2 aromatic rings. The van der Waals surface area contributed by atoms with Crippen LogP contribution < -0.4 is 14.2 Å². The zero-order valence-electron chi connectivity index (χ0n) is 19.7. The van der Waals surface area contributed by atoms with Crippen LogP contribution in [0.3, 0.4) is 0 Å². The van der Waals surface area contributed by atoms with E-state index in [1.807, 2.05) is 30.3 Å². The lowest BCUT2D eigenvalue weighted by Crippen LogP contribution is -2.08. The van der Waals surface area contributed by atoms with Crippen molar-refractivity contribution in [2.75, 3.05) is 13.2 Å².